The van der Waals surface area contributed by atoms with Crippen LogP contribution in [-0.2, 0) is 19.1 Å². The minimum absolute atomic E-state index is 0.283. The number of hydrogen-bond acceptors (Lipinski definition) is 7. The van der Waals surface area contributed by atoms with Gasteiger partial charge in [0.2, 0.25) is 5.91 Å². The van der Waals surface area contributed by atoms with Crippen LogP contribution in [0, 0.1) is 5.92 Å². The molecule has 0 saturated carbocycles. The quantitative estimate of drug-likeness (QED) is 0.206. The molecular formula is C21H21Br2N3O6. The summed E-state index contributed by atoms with van der Waals surface area (Å²) in [5.74, 6) is -1.90. The molecule has 0 aliphatic carbocycles. The van der Waals surface area contributed by atoms with Gasteiger partial charge in [0.15, 0.2) is 18.1 Å². The molecule has 2 aromatic carbocycles. The molecule has 11 heteroatoms. The molecule has 0 fully saturated rings. The highest BCUT2D eigenvalue weighted by Crippen LogP contribution is 2.36. The number of carbonyl (C=O) groups excluding carboxylic acids is 3. The van der Waals surface area contributed by atoms with Crippen molar-refractivity contribution in [2.75, 3.05) is 26.1 Å². The van der Waals surface area contributed by atoms with E-state index in [1.807, 2.05) is 6.07 Å². The summed E-state index contributed by atoms with van der Waals surface area (Å²) in [5.41, 5.74) is 3.48. The van der Waals surface area contributed by atoms with Crippen LogP contribution in [-0.4, -0.2) is 44.8 Å². The second-order valence-electron chi connectivity index (χ2n) is 6.32. The highest BCUT2D eigenvalue weighted by atomic mass is 79.9. The molecule has 170 valence electrons. The number of nitrogens with zero attached hydrogens (tertiary/aromatic N) is 1. The predicted molar refractivity (Wildman–Crippen MR) is 126 cm³/mol. The van der Waals surface area contributed by atoms with Crippen LogP contribution in [0.2, 0.25) is 0 Å². The second-order valence-corrected chi connectivity index (χ2v) is 8.03. The van der Waals surface area contributed by atoms with E-state index in [1.165, 1.54) is 27.4 Å². The normalized spacial score (nSPS) is 11.5. The molecule has 0 aliphatic heterocycles. The zero-order chi connectivity index (χ0) is 23.7. The number of anilines is 1. The Morgan fingerprint density at radius 3 is 2.47 bits per heavy atom. The van der Waals surface area contributed by atoms with Crippen LogP contribution in [0.4, 0.5) is 5.69 Å². The summed E-state index contributed by atoms with van der Waals surface area (Å²) in [6.45, 7) is 1.19. The van der Waals surface area contributed by atoms with Crippen LogP contribution in [0.1, 0.15) is 12.5 Å². The van der Waals surface area contributed by atoms with Crippen molar-refractivity contribution in [3.05, 3.63) is 50.9 Å². The van der Waals surface area contributed by atoms with Gasteiger partial charge in [-0.05, 0) is 68.6 Å². The third kappa shape index (κ3) is 7.06. The maximum Gasteiger partial charge on any atom is 0.343 e. The van der Waals surface area contributed by atoms with Gasteiger partial charge in [-0.15, -0.1) is 0 Å². The van der Waals surface area contributed by atoms with Crippen molar-refractivity contribution in [1.82, 2.24) is 5.43 Å². The topological polar surface area (TPSA) is 115 Å². The average Bonchev–Trinajstić information content (AvgIpc) is 2.78. The Bertz CT molecular complexity index is 1030. The number of carbonyl (C=O) groups is 3. The molecule has 0 saturated heterocycles. The fraction of sp³-hybridized carbons (Fsp3) is 0.238. The molecular weight excluding hydrogens is 550 g/mol. The van der Waals surface area contributed by atoms with Crippen molar-refractivity contribution in [2.45, 2.75) is 6.92 Å². The van der Waals surface area contributed by atoms with Crippen molar-refractivity contribution < 1.29 is 28.6 Å². The van der Waals surface area contributed by atoms with Gasteiger partial charge in [0.25, 0.3) is 5.91 Å². The maximum atomic E-state index is 12.3. The predicted octanol–water partition coefficient (Wildman–Crippen LogP) is 3.50. The lowest BCUT2D eigenvalue weighted by molar-refractivity contribution is -0.143. The van der Waals surface area contributed by atoms with Gasteiger partial charge in [-0.2, -0.15) is 5.10 Å². The number of methoxy groups -OCH3 is 2. The summed E-state index contributed by atoms with van der Waals surface area (Å²) < 4.78 is 16.5. The molecule has 2 rings (SSSR count). The molecule has 2 amide bonds. The summed E-state index contributed by atoms with van der Waals surface area (Å²) >= 11 is 6.69. The van der Waals surface area contributed by atoms with Gasteiger partial charge < -0.3 is 19.5 Å². The summed E-state index contributed by atoms with van der Waals surface area (Å²) in [4.78, 5) is 35.9. The first-order chi connectivity index (χ1) is 15.3. The Balaban J connectivity index is 2.01. The van der Waals surface area contributed by atoms with E-state index in [0.717, 1.165) is 0 Å². The minimum atomic E-state index is -0.977. The molecule has 0 spiro atoms. The Morgan fingerprint density at radius 2 is 1.81 bits per heavy atom. The van der Waals surface area contributed by atoms with Crippen LogP contribution in [0.15, 0.2) is 50.4 Å². The summed E-state index contributed by atoms with van der Waals surface area (Å²) in [6, 6.07) is 10.4. The number of rotatable bonds is 9. The Morgan fingerprint density at radius 1 is 1.09 bits per heavy atom. The molecule has 2 aromatic rings. The first-order valence-electron chi connectivity index (χ1n) is 9.22. The molecule has 0 radical (unpaired) electrons. The monoisotopic (exact) mass is 569 g/mol. The zero-order valence-electron chi connectivity index (χ0n) is 17.5. The van der Waals surface area contributed by atoms with Crippen LogP contribution >= 0.6 is 31.9 Å². The van der Waals surface area contributed by atoms with Crippen LogP contribution in [0.3, 0.4) is 0 Å². The van der Waals surface area contributed by atoms with E-state index in [0.29, 0.717) is 31.7 Å². The van der Waals surface area contributed by atoms with Gasteiger partial charge in [-0.25, -0.2) is 10.2 Å². The van der Waals surface area contributed by atoms with E-state index >= 15 is 0 Å². The van der Waals surface area contributed by atoms with Gasteiger partial charge >= 0.3 is 5.97 Å². The molecule has 0 bridgehead atoms. The van der Waals surface area contributed by atoms with Crippen molar-refractivity contribution in [3.63, 3.8) is 0 Å². The van der Waals surface area contributed by atoms with Gasteiger partial charge in [0.1, 0.15) is 5.92 Å². The first-order valence-corrected chi connectivity index (χ1v) is 10.8. The van der Waals surface area contributed by atoms with Gasteiger partial charge in [0, 0.05) is 4.47 Å². The summed E-state index contributed by atoms with van der Waals surface area (Å²) in [5, 5.41) is 6.58. The van der Waals surface area contributed by atoms with E-state index in [1.54, 1.807) is 30.3 Å². The lowest BCUT2D eigenvalue weighted by atomic mass is 10.1. The number of benzene rings is 2. The molecule has 0 heterocycles. The third-order valence-corrected chi connectivity index (χ3v) is 5.40. The summed E-state index contributed by atoms with van der Waals surface area (Å²) in [6.07, 6.45) is 1.38. The van der Waals surface area contributed by atoms with Gasteiger partial charge in [0.05, 0.1) is 30.6 Å². The number of hydrazone groups is 1. The molecule has 0 aliphatic rings. The Kier molecular flexibility index (Phi) is 9.66. The smallest absolute Gasteiger partial charge is 0.343 e. The molecule has 0 aromatic heterocycles. The van der Waals surface area contributed by atoms with Crippen molar-refractivity contribution >= 4 is 61.5 Å². The average molecular weight is 571 g/mol. The fourth-order valence-electron chi connectivity index (χ4n) is 2.33. The van der Waals surface area contributed by atoms with E-state index in [4.69, 9.17) is 9.47 Å². The van der Waals surface area contributed by atoms with Crippen molar-refractivity contribution in [3.8, 4) is 11.5 Å². The Labute approximate surface area is 201 Å². The SMILES string of the molecule is COC(=O)COc1c(Br)cc(C=NNC(=O)C(C)C(=O)Nc2ccccc2Br)cc1OC. The third-order valence-electron chi connectivity index (χ3n) is 4.12. The number of esters is 1. The van der Waals surface area contributed by atoms with Crippen LogP contribution < -0.4 is 20.2 Å². The lowest BCUT2D eigenvalue weighted by Crippen LogP contribution is -2.34. The highest BCUT2D eigenvalue weighted by molar-refractivity contribution is 9.11. The number of ether oxygens (including phenoxy) is 3. The van der Waals surface area contributed by atoms with E-state index in [2.05, 4.69) is 52.4 Å². The number of amides is 2. The minimum Gasteiger partial charge on any atom is -0.493 e. The fourth-order valence-corrected chi connectivity index (χ4v) is 3.29. The molecule has 1 atom stereocenters. The lowest BCUT2D eigenvalue weighted by Gasteiger charge is -2.13. The van der Waals surface area contributed by atoms with Crippen molar-refractivity contribution in [1.29, 1.82) is 0 Å². The number of nitrogens with one attached hydrogen (secondary N) is 2. The Hall–Kier alpha value is -2.92. The molecule has 9 nitrogen and oxygen atoms in total. The van der Waals surface area contributed by atoms with E-state index in [-0.39, 0.29) is 6.61 Å². The number of para-hydroxylation sites is 1. The maximum absolute atomic E-state index is 12.3. The van der Waals surface area contributed by atoms with E-state index < -0.39 is 23.7 Å². The van der Waals surface area contributed by atoms with Gasteiger partial charge in [-0.3, -0.25) is 9.59 Å². The highest BCUT2D eigenvalue weighted by Gasteiger charge is 2.22. The van der Waals surface area contributed by atoms with E-state index in [9.17, 15) is 14.4 Å². The zero-order valence-corrected chi connectivity index (χ0v) is 20.7. The molecule has 2 N–H and O–H groups in total. The second kappa shape index (κ2) is 12.2. The number of hydrogen-bond donors (Lipinski definition) is 2. The molecule has 32 heavy (non-hydrogen) atoms. The number of halogens is 2. The largest absolute Gasteiger partial charge is 0.493 e. The summed E-state index contributed by atoms with van der Waals surface area (Å²) in [7, 11) is 2.71. The molecule has 1 unspecified atom stereocenters. The first kappa shape index (κ1) is 25.3. The standard InChI is InChI=1S/C21H21Br2N3O6/c1-12(20(28)25-16-7-5-4-6-14(16)22)21(29)26-24-10-13-8-15(23)19(17(9-13)30-2)32-11-18(27)31-3/h4-10,12H,11H2,1-3H3,(H,25,28)(H,26,29). The van der Waals surface area contributed by atoms with Crippen LogP contribution in [0.25, 0.3) is 0 Å². The van der Waals surface area contributed by atoms with Gasteiger partial charge in [-0.1, -0.05) is 12.1 Å². The van der Waals surface area contributed by atoms with Crippen LogP contribution in [0.5, 0.6) is 11.5 Å². The van der Waals surface area contributed by atoms with Crippen molar-refractivity contribution in [2.24, 2.45) is 11.0 Å².